The van der Waals surface area contributed by atoms with Gasteiger partial charge in [0, 0.05) is 12.2 Å². The van der Waals surface area contributed by atoms with Crippen molar-refractivity contribution in [2.24, 2.45) is 0 Å². The van der Waals surface area contributed by atoms with Crippen molar-refractivity contribution in [2.75, 3.05) is 25.6 Å². The van der Waals surface area contributed by atoms with Gasteiger partial charge in [0.1, 0.15) is 5.75 Å². The molecule has 0 saturated heterocycles. The second kappa shape index (κ2) is 6.78. The van der Waals surface area contributed by atoms with Gasteiger partial charge < -0.3 is 14.8 Å². The Morgan fingerprint density at radius 2 is 2.18 bits per heavy atom. The molecule has 0 aliphatic rings. The number of methoxy groups -OCH3 is 1. The molecule has 17 heavy (non-hydrogen) atoms. The van der Waals surface area contributed by atoms with Crippen molar-refractivity contribution >= 4 is 11.7 Å². The molecule has 1 N–H and O–H groups in total. The largest absolute Gasteiger partial charge is 0.496 e. The van der Waals surface area contributed by atoms with Crippen LogP contribution in [0.2, 0.25) is 0 Å². The van der Waals surface area contributed by atoms with Crippen LogP contribution in [0.1, 0.15) is 18.9 Å². The second-order valence-corrected chi connectivity index (χ2v) is 3.67. The van der Waals surface area contributed by atoms with Crippen LogP contribution in [0.15, 0.2) is 18.2 Å². The molecule has 0 saturated carbocycles. The number of ether oxygens (including phenoxy) is 2. The Morgan fingerprint density at radius 3 is 2.76 bits per heavy atom. The van der Waals surface area contributed by atoms with Crippen LogP contribution in [0.25, 0.3) is 0 Å². The summed E-state index contributed by atoms with van der Waals surface area (Å²) in [6.07, 6.45) is 0.374. The number of nitrogens with one attached hydrogen (secondary N) is 1. The molecule has 0 spiro atoms. The van der Waals surface area contributed by atoms with Gasteiger partial charge in [0.05, 0.1) is 20.1 Å². The number of benzene rings is 1. The zero-order valence-corrected chi connectivity index (χ0v) is 10.6. The molecular weight excluding hydrogens is 218 g/mol. The molecule has 0 radical (unpaired) electrons. The number of carbonyl (C=O) groups is 1. The van der Waals surface area contributed by atoms with Crippen LogP contribution in [0.5, 0.6) is 5.75 Å². The van der Waals surface area contributed by atoms with E-state index in [-0.39, 0.29) is 5.97 Å². The van der Waals surface area contributed by atoms with Gasteiger partial charge in [-0.2, -0.15) is 0 Å². The Morgan fingerprint density at radius 1 is 1.41 bits per heavy atom. The predicted molar refractivity (Wildman–Crippen MR) is 67.5 cm³/mol. The first kappa shape index (κ1) is 13.4. The average Bonchev–Trinajstić information content (AvgIpc) is 2.29. The second-order valence-electron chi connectivity index (χ2n) is 3.67. The first-order valence-electron chi connectivity index (χ1n) is 5.71. The maximum atomic E-state index is 11.1. The lowest BCUT2D eigenvalue weighted by Gasteiger charge is -2.09. The molecular formula is C13H19NO3. The highest BCUT2D eigenvalue weighted by molar-refractivity contribution is 5.70. The zero-order valence-electron chi connectivity index (χ0n) is 10.6. The summed E-state index contributed by atoms with van der Waals surface area (Å²) in [5.74, 6) is 0.686. The number of hydrogen-bond donors (Lipinski definition) is 1. The normalized spacial score (nSPS) is 9.82. The number of esters is 1. The smallest absolute Gasteiger partial charge is 0.307 e. The van der Waals surface area contributed by atoms with Crippen LogP contribution in [0, 0.1) is 6.92 Å². The molecule has 0 amide bonds. The highest BCUT2D eigenvalue weighted by Gasteiger charge is 2.02. The van der Waals surface area contributed by atoms with Crippen molar-refractivity contribution in [1.82, 2.24) is 0 Å². The third kappa shape index (κ3) is 4.34. The van der Waals surface area contributed by atoms with Crippen molar-refractivity contribution in [1.29, 1.82) is 0 Å². The van der Waals surface area contributed by atoms with Gasteiger partial charge in [-0.15, -0.1) is 0 Å². The lowest BCUT2D eigenvalue weighted by molar-refractivity contribution is -0.142. The molecule has 0 fully saturated rings. The number of rotatable bonds is 6. The molecule has 4 nitrogen and oxygen atoms in total. The summed E-state index contributed by atoms with van der Waals surface area (Å²) in [7, 11) is 1.65. The van der Waals surface area contributed by atoms with Gasteiger partial charge in [0.15, 0.2) is 0 Å². The number of anilines is 1. The third-order valence-corrected chi connectivity index (χ3v) is 2.36. The highest BCUT2D eigenvalue weighted by Crippen LogP contribution is 2.21. The zero-order chi connectivity index (χ0) is 12.7. The fourth-order valence-corrected chi connectivity index (χ4v) is 1.53. The number of hydrogen-bond acceptors (Lipinski definition) is 4. The lowest BCUT2D eigenvalue weighted by Crippen LogP contribution is -2.11. The van der Waals surface area contributed by atoms with E-state index in [1.165, 1.54) is 0 Å². The molecule has 0 atom stereocenters. The van der Waals surface area contributed by atoms with Gasteiger partial charge in [0.25, 0.3) is 0 Å². The Bertz CT molecular complexity index is 377. The Balaban J connectivity index is 2.42. The van der Waals surface area contributed by atoms with Gasteiger partial charge in [-0.1, -0.05) is 0 Å². The van der Waals surface area contributed by atoms with Crippen LogP contribution in [-0.4, -0.2) is 26.2 Å². The SMILES string of the molecule is CCOC(=O)CCNc1ccc(OC)c(C)c1. The van der Waals surface area contributed by atoms with Crippen molar-refractivity contribution < 1.29 is 14.3 Å². The summed E-state index contributed by atoms with van der Waals surface area (Å²) in [6, 6.07) is 5.82. The van der Waals surface area contributed by atoms with E-state index in [0.29, 0.717) is 19.6 Å². The third-order valence-electron chi connectivity index (χ3n) is 2.36. The summed E-state index contributed by atoms with van der Waals surface area (Å²) in [5, 5.41) is 3.17. The average molecular weight is 237 g/mol. The molecule has 0 aliphatic carbocycles. The minimum atomic E-state index is -0.176. The van der Waals surface area contributed by atoms with Crippen LogP contribution in [0.3, 0.4) is 0 Å². The monoisotopic (exact) mass is 237 g/mol. The van der Waals surface area contributed by atoms with Crippen molar-refractivity contribution in [3.63, 3.8) is 0 Å². The van der Waals surface area contributed by atoms with E-state index in [1.807, 2.05) is 25.1 Å². The fraction of sp³-hybridized carbons (Fsp3) is 0.462. The molecule has 0 aliphatic heterocycles. The minimum absolute atomic E-state index is 0.176. The van der Waals surface area contributed by atoms with Crippen molar-refractivity contribution in [3.8, 4) is 5.75 Å². The van der Waals surface area contributed by atoms with Crippen LogP contribution < -0.4 is 10.1 Å². The van der Waals surface area contributed by atoms with Gasteiger partial charge in [0.2, 0.25) is 0 Å². The quantitative estimate of drug-likeness (QED) is 0.772. The Kier molecular flexibility index (Phi) is 5.33. The Labute approximate surface area is 102 Å². The van der Waals surface area contributed by atoms with Crippen molar-refractivity contribution in [3.05, 3.63) is 23.8 Å². The molecule has 0 aromatic heterocycles. The summed E-state index contributed by atoms with van der Waals surface area (Å²) >= 11 is 0. The summed E-state index contributed by atoms with van der Waals surface area (Å²) in [5.41, 5.74) is 2.04. The molecule has 1 aromatic carbocycles. The summed E-state index contributed by atoms with van der Waals surface area (Å²) in [4.78, 5) is 11.1. The predicted octanol–water partition coefficient (Wildman–Crippen LogP) is 2.37. The van der Waals surface area contributed by atoms with Crippen LogP contribution >= 0.6 is 0 Å². The van der Waals surface area contributed by atoms with E-state index in [2.05, 4.69) is 5.32 Å². The Hall–Kier alpha value is -1.71. The lowest BCUT2D eigenvalue weighted by atomic mass is 10.2. The van der Waals surface area contributed by atoms with Gasteiger partial charge >= 0.3 is 5.97 Å². The molecule has 1 rings (SSSR count). The van der Waals surface area contributed by atoms with Gasteiger partial charge in [-0.05, 0) is 37.6 Å². The first-order chi connectivity index (χ1) is 8.17. The molecule has 1 aromatic rings. The maximum Gasteiger partial charge on any atom is 0.307 e. The first-order valence-corrected chi connectivity index (χ1v) is 5.71. The van der Waals surface area contributed by atoms with Gasteiger partial charge in [-0.25, -0.2) is 0 Å². The molecule has 94 valence electrons. The number of aryl methyl sites for hydroxylation is 1. The van der Waals surface area contributed by atoms with Gasteiger partial charge in [-0.3, -0.25) is 4.79 Å². The van der Waals surface area contributed by atoms with Crippen LogP contribution in [-0.2, 0) is 9.53 Å². The van der Waals surface area contributed by atoms with E-state index < -0.39 is 0 Å². The minimum Gasteiger partial charge on any atom is -0.496 e. The highest BCUT2D eigenvalue weighted by atomic mass is 16.5. The maximum absolute atomic E-state index is 11.1. The van der Waals surface area contributed by atoms with E-state index >= 15 is 0 Å². The standard InChI is InChI=1S/C13H19NO3/c1-4-17-13(15)7-8-14-11-5-6-12(16-3)10(2)9-11/h5-6,9,14H,4,7-8H2,1-3H3. The molecule has 4 heteroatoms. The van der Waals surface area contributed by atoms with E-state index in [1.54, 1.807) is 14.0 Å². The fourth-order valence-electron chi connectivity index (χ4n) is 1.53. The number of carbonyl (C=O) groups excluding carboxylic acids is 1. The van der Waals surface area contributed by atoms with Crippen molar-refractivity contribution in [2.45, 2.75) is 20.3 Å². The molecule has 0 bridgehead atoms. The summed E-state index contributed by atoms with van der Waals surface area (Å²) in [6.45, 7) is 4.79. The summed E-state index contributed by atoms with van der Waals surface area (Å²) < 4.78 is 10.0. The van der Waals surface area contributed by atoms with E-state index in [0.717, 1.165) is 17.0 Å². The van der Waals surface area contributed by atoms with E-state index in [4.69, 9.17) is 9.47 Å². The van der Waals surface area contributed by atoms with Crippen LogP contribution in [0.4, 0.5) is 5.69 Å². The topological polar surface area (TPSA) is 47.6 Å². The molecule has 0 heterocycles. The molecule has 0 unspecified atom stereocenters. The van der Waals surface area contributed by atoms with E-state index in [9.17, 15) is 4.79 Å².